The summed E-state index contributed by atoms with van der Waals surface area (Å²) in [4.78, 5) is 36.4. The molecule has 0 spiro atoms. The normalized spacial score (nSPS) is 18.3. The quantitative estimate of drug-likeness (QED) is 0.815. The number of rotatable bonds is 3. The van der Waals surface area contributed by atoms with Gasteiger partial charge in [0.1, 0.15) is 17.8 Å². The van der Waals surface area contributed by atoms with Gasteiger partial charge in [-0.25, -0.2) is 19.9 Å². The average molecular weight is 367 g/mol. The molecule has 27 heavy (non-hydrogen) atoms. The van der Waals surface area contributed by atoms with Crippen LogP contribution in [0, 0.1) is 0 Å². The van der Waals surface area contributed by atoms with Crippen LogP contribution in [-0.2, 0) is 0 Å². The molecule has 4 rings (SSSR count). The van der Waals surface area contributed by atoms with Crippen LogP contribution in [-0.4, -0.2) is 70.0 Å². The predicted octanol–water partition coefficient (Wildman–Crippen LogP) is 1.61. The van der Waals surface area contributed by atoms with E-state index in [2.05, 4.69) is 29.7 Å². The highest BCUT2D eigenvalue weighted by atomic mass is 16.2. The molecular formula is C19H25N7O. The summed E-state index contributed by atoms with van der Waals surface area (Å²) < 4.78 is 0. The molecule has 0 aliphatic carbocycles. The van der Waals surface area contributed by atoms with E-state index in [1.165, 1.54) is 32.0 Å². The van der Waals surface area contributed by atoms with E-state index in [-0.39, 0.29) is 5.91 Å². The lowest BCUT2D eigenvalue weighted by Crippen LogP contribution is -2.49. The number of nitrogens with zero attached hydrogens (tertiary/aromatic N) is 7. The summed E-state index contributed by atoms with van der Waals surface area (Å²) >= 11 is 0. The number of hydrogen-bond donors (Lipinski definition) is 0. The van der Waals surface area contributed by atoms with Crippen LogP contribution in [0.5, 0.6) is 0 Å². The van der Waals surface area contributed by atoms with Gasteiger partial charge in [0.15, 0.2) is 0 Å². The fourth-order valence-electron chi connectivity index (χ4n) is 3.66. The molecule has 1 amide bonds. The van der Waals surface area contributed by atoms with Crippen LogP contribution < -0.4 is 9.80 Å². The zero-order valence-corrected chi connectivity index (χ0v) is 15.5. The first-order valence-electron chi connectivity index (χ1n) is 9.69. The lowest BCUT2D eigenvalue weighted by Gasteiger charge is -2.34. The largest absolute Gasteiger partial charge is 0.357 e. The molecule has 2 aromatic heterocycles. The van der Waals surface area contributed by atoms with E-state index in [0.29, 0.717) is 18.8 Å². The summed E-state index contributed by atoms with van der Waals surface area (Å²) in [5.74, 6) is 1.56. The van der Waals surface area contributed by atoms with Gasteiger partial charge in [0.2, 0.25) is 5.95 Å². The minimum Gasteiger partial charge on any atom is -0.357 e. The van der Waals surface area contributed by atoms with Crippen LogP contribution in [0.3, 0.4) is 0 Å². The Balaban J connectivity index is 1.40. The van der Waals surface area contributed by atoms with Crippen molar-refractivity contribution in [2.24, 2.45) is 0 Å². The van der Waals surface area contributed by atoms with Crippen molar-refractivity contribution in [3.8, 4) is 0 Å². The van der Waals surface area contributed by atoms with E-state index in [9.17, 15) is 4.79 Å². The van der Waals surface area contributed by atoms with Crippen LogP contribution in [0.1, 0.15) is 36.2 Å². The Labute approximate surface area is 159 Å². The molecule has 2 fully saturated rings. The van der Waals surface area contributed by atoms with Crippen molar-refractivity contribution in [1.29, 1.82) is 0 Å². The lowest BCUT2D eigenvalue weighted by molar-refractivity contribution is 0.0740. The molecule has 8 heteroatoms. The molecule has 2 saturated heterocycles. The second-order valence-corrected chi connectivity index (χ2v) is 6.99. The van der Waals surface area contributed by atoms with Crippen LogP contribution >= 0.6 is 0 Å². The van der Waals surface area contributed by atoms with Crippen LogP contribution in [0.4, 0.5) is 11.8 Å². The molecule has 4 heterocycles. The van der Waals surface area contributed by atoms with Crippen LogP contribution in [0.2, 0.25) is 0 Å². The van der Waals surface area contributed by atoms with Crippen molar-refractivity contribution >= 4 is 17.7 Å². The van der Waals surface area contributed by atoms with Crippen molar-refractivity contribution < 1.29 is 4.79 Å². The number of amides is 1. The highest BCUT2D eigenvalue weighted by molar-refractivity contribution is 5.93. The molecule has 8 nitrogen and oxygen atoms in total. The van der Waals surface area contributed by atoms with Gasteiger partial charge in [0.05, 0.1) is 0 Å². The number of piperazine rings is 1. The van der Waals surface area contributed by atoms with E-state index in [4.69, 9.17) is 0 Å². The summed E-state index contributed by atoms with van der Waals surface area (Å²) in [6.45, 7) is 4.72. The average Bonchev–Trinajstić information content (AvgIpc) is 3.04. The van der Waals surface area contributed by atoms with Gasteiger partial charge in [-0.1, -0.05) is 12.8 Å². The second-order valence-electron chi connectivity index (χ2n) is 6.99. The maximum Gasteiger partial charge on any atom is 0.272 e. The fourth-order valence-corrected chi connectivity index (χ4v) is 3.66. The molecule has 0 bridgehead atoms. The Morgan fingerprint density at radius 3 is 2.19 bits per heavy atom. The van der Waals surface area contributed by atoms with E-state index in [1.807, 2.05) is 11.0 Å². The topological polar surface area (TPSA) is 78.4 Å². The standard InChI is InChI=1S/C19H25N7O/c27-18(25-10-12-26(13-11-25)19-20-6-5-7-21-19)16-14-17(23-15-22-16)24-8-3-1-2-4-9-24/h5-7,14-15H,1-4,8-13H2. The molecule has 142 valence electrons. The maximum absolute atomic E-state index is 12.9. The summed E-state index contributed by atoms with van der Waals surface area (Å²) in [6, 6.07) is 3.65. The molecule has 0 saturated carbocycles. The van der Waals surface area contributed by atoms with E-state index in [1.54, 1.807) is 18.5 Å². The zero-order chi connectivity index (χ0) is 18.5. The minimum absolute atomic E-state index is 0.0258. The van der Waals surface area contributed by atoms with Crippen molar-refractivity contribution in [3.05, 3.63) is 36.5 Å². The summed E-state index contributed by atoms with van der Waals surface area (Å²) in [5, 5.41) is 0. The highest BCUT2D eigenvalue weighted by Gasteiger charge is 2.25. The van der Waals surface area contributed by atoms with Gasteiger partial charge < -0.3 is 14.7 Å². The van der Waals surface area contributed by atoms with Crippen molar-refractivity contribution in [2.45, 2.75) is 25.7 Å². The number of carbonyl (C=O) groups is 1. The highest BCUT2D eigenvalue weighted by Crippen LogP contribution is 2.18. The van der Waals surface area contributed by atoms with Gasteiger partial charge in [-0.3, -0.25) is 4.79 Å². The third-order valence-electron chi connectivity index (χ3n) is 5.20. The Hall–Kier alpha value is -2.77. The number of hydrogen-bond acceptors (Lipinski definition) is 7. The molecule has 0 atom stereocenters. The molecule has 0 N–H and O–H groups in total. The summed E-state index contributed by atoms with van der Waals surface area (Å²) in [7, 11) is 0. The number of aromatic nitrogens is 4. The maximum atomic E-state index is 12.9. The second kappa shape index (κ2) is 8.28. The molecule has 0 unspecified atom stereocenters. The van der Waals surface area contributed by atoms with Crippen molar-refractivity contribution in [2.75, 3.05) is 49.1 Å². The zero-order valence-electron chi connectivity index (χ0n) is 15.5. The molecule has 2 aromatic rings. The van der Waals surface area contributed by atoms with E-state index in [0.717, 1.165) is 37.9 Å². The first-order chi connectivity index (χ1) is 13.3. The Bertz CT molecular complexity index is 754. The van der Waals surface area contributed by atoms with Gasteiger partial charge in [-0.15, -0.1) is 0 Å². The molecule has 2 aliphatic rings. The Kier molecular flexibility index (Phi) is 5.41. The molecule has 0 aromatic carbocycles. The molecule has 2 aliphatic heterocycles. The lowest BCUT2D eigenvalue weighted by atomic mass is 10.2. The van der Waals surface area contributed by atoms with Crippen molar-refractivity contribution in [1.82, 2.24) is 24.8 Å². The first-order valence-corrected chi connectivity index (χ1v) is 9.69. The van der Waals surface area contributed by atoms with Gasteiger partial charge in [0, 0.05) is 57.7 Å². The van der Waals surface area contributed by atoms with Gasteiger partial charge in [-0.05, 0) is 18.9 Å². The van der Waals surface area contributed by atoms with Crippen molar-refractivity contribution in [3.63, 3.8) is 0 Å². The number of carbonyl (C=O) groups excluding carboxylic acids is 1. The minimum atomic E-state index is -0.0258. The van der Waals surface area contributed by atoms with E-state index >= 15 is 0 Å². The van der Waals surface area contributed by atoms with Crippen LogP contribution in [0.15, 0.2) is 30.9 Å². The SMILES string of the molecule is O=C(c1cc(N2CCCCCC2)ncn1)N1CCN(c2ncccn2)CC1. The molecule has 0 radical (unpaired) electrons. The van der Waals surface area contributed by atoms with Gasteiger partial charge in [0.25, 0.3) is 5.91 Å². The van der Waals surface area contributed by atoms with Crippen LogP contribution in [0.25, 0.3) is 0 Å². The Morgan fingerprint density at radius 1 is 0.778 bits per heavy atom. The molecular weight excluding hydrogens is 342 g/mol. The van der Waals surface area contributed by atoms with Gasteiger partial charge >= 0.3 is 0 Å². The smallest absolute Gasteiger partial charge is 0.272 e. The first kappa shape index (κ1) is 17.6. The summed E-state index contributed by atoms with van der Waals surface area (Å²) in [5.41, 5.74) is 0.480. The predicted molar refractivity (Wildman–Crippen MR) is 103 cm³/mol. The van der Waals surface area contributed by atoms with E-state index < -0.39 is 0 Å². The third kappa shape index (κ3) is 4.15. The number of anilines is 2. The third-order valence-corrected chi connectivity index (χ3v) is 5.20. The fraction of sp³-hybridized carbons (Fsp3) is 0.526. The van der Waals surface area contributed by atoms with Gasteiger partial charge in [-0.2, -0.15) is 0 Å². The summed E-state index contributed by atoms with van der Waals surface area (Å²) in [6.07, 6.45) is 9.89. The Morgan fingerprint density at radius 2 is 1.48 bits per heavy atom. The monoisotopic (exact) mass is 367 g/mol.